The molecular formula is C20H20FN5O2. The Morgan fingerprint density at radius 3 is 2.61 bits per heavy atom. The third-order valence-electron chi connectivity index (χ3n) is 4.77. The van der Waals surface area contributed by atoms with Crippen molar-refractivity contribution in [1.29, 1.82) is 0 Å². The molecule has 0 spiro atoms. The van der Waals surface area contributed by atoms with Crippen LogP contribution >= 0.6 is 0 Å². The first kappa shape index (κ1) is 18.1. The minimum atomic E-state index is -0.459. The summed E-state index contributed by atoms with van der Waals surface area (Å²) in [5.41, 5.74) is 7.47. The molecule has 0 saturated carbocycles. The van der Waals surface area contributed by atoms with Gasteiger partial charge in [0.15, 0.2) is 5.82 Å². The van der Waals surface area contributed by atoms with Crippen molar-refractivity contribution in [3.8, 4) is 23.3 Å². The van der Waals surface area contributed by atoms with E-state index < -0.39 is 5.82 Å². The zero-order valence-electron chi connectivity index (χ0n) is 15.6. The molecule has 1 unspecified atom stereocenters. The summed E-state index contributed by atoms with van der Waals surface area (Å²) < 4.78 is 26.8. The van der Waals surface area contributed by atoms with Gasteiger partial charge >= 0.3 is 0 Å². The Balaban J connectivity index is 1.85. The molecule has 0 aliphatic carbocycles. The number of nitrogens with two attached hydrogens (primary N) is 1. The van der Waals surface area contributed by atoms with E-state index in [0.717, 1.165) is 25.7 Å². The molecule has 8 heteroatoms. The number of pyridine rings is 1. The number of nitrogens with one attached hydrogen (secondary N) is 1. The quantitative estimate of drug-likeness (QED) is 0.676. The average molecular weight is 381 g/mol. The van der Waals surface area contributed by atoms with Gasteiger partial charge in [0.2, 0.25) is 0 Å². The average Bonchev–Trinajstić information content (AvgIpc) is 3.37. The van der Waals surface area contributed by atoms with Crippen molar-refractivity contribution in [2.24, 2.45) is 0 Å². The number of methoxy groups -OCH3 is 2. The number of fused-ring (bicyclic) bond motifs is 1. The molecule has 1 atom stereocenters. The predicted octanol–water partition coefficient (Wildman–Crippen LogP) is 2.10. The first-order chi connectivity index (χ1) is 13.6. The van der Waals surface area contributed by atoms with E-state index in [1.54, 1.807) is 37.1 Å². The van der Waals surface area contributed by atoms with Crippen molar-refractivity contribution in [1.82, 2.24) is 20.1 Å². The second-order valence-corrected chi connectivity index (χ2v) is 6.51. The molecular weight excluding hydrogens is 361 g/mol. The first-order valence-electron chi connectivity index (χ1n) is 8.88. The van der Waals surface area contributed by atoms with Gasteiger partial charge in [0.05, 0.1) is 31.8 Å². The van der Waals surface area contributed by atoms with Gasteiger partial charge in [0.25, 0.3) is 0 Å². The molecule has 3 N–H and O–H groups in total. The van der Waals surface area contributed by atoms with Gasteiger partial charge in [-0.2, -0.15) is 5.10 Å². The number of halogens is 1. The van der Waals surface area contributed by atoms with Crippen molar-refractivity contribution in [2.45, 2.75) is 12.5 Å². The van der Waals surface area contributed by atoms with Gasteiger partial charge in [-0.25, -0.2) is 9.37 Å². The molecule has 1 aromatic carbocycles. The molecule has 144 valence electrons. The van der Waals surface area contributed by atoms with Crippen LogP contribution in [0.2, 0.25) is 0 Å². The second kappa shape index (κ2) is 7.37. The highest BCUT2D eigenvalue weighted by molar-refractivity contribution is 5.93. The summed E-state index contributed by atoms with van der Waals surface area (Å²) in [5, 5.41) is 8.28. The monoisotopic (exact) mass is 381 g/mol. The number of nitrogen functional groups attached to an aromatic ring is 1. The Bertz CT molecular complexity index is 1070. The number of hydrogen-bond donors (Lipinski definition) is 2. The van der Waals surface area contributed by atoms with Crippen molar-refractivity contribution in [3.05, 3.63) is 41.5 Å². The van der Waals surface area contributed by atoms with Crippen LogP contribution in [0.1, 0.15) is 23.7 Å². The molecule has 0 amide bonds. The lowest BCUT2D eigenvalue weighted by molar-refractivity contribution is 0.394. The molecule has 3 heterocycles. The molecule has 1 fully saturated rings. The Morgan fingerprint density at radius 2 is 1.96 bits per heavy atom. The van der Waals surface area contributed by atoms with Crippen molar-refractivity contribution in [2.75, 3.05) is 33.0 Å². The van der Waals surface area contributed by atoms with Crippen LogP contribution in [-0.4, -0.2) is 42.1 Å². The van der Waals surface area contributed by atoms with Gasteiger partial charge in [-0.05, 0) is 31.0 Å². The molecule has 0 radical (unpaired) electrons. The predicted molar refractivity (Wildman–Crippen MR) is 104 cm³/mol. The third-order valence-corrected chi connectivity index (χ3v) is 4.77. The molecule has 0 bridgehead atoms. The van der Waals surface area contributed by atoms with Crippen LogP contribution in [0.5, 0.6) is 11.5 Å². The lowest BCUT2D eigenvalue weighted by Gasteiger charge is -2.10. The van der Waals surface area contributed by atoms with Gasteiger partial charge in [-0.3, -0.25) is 4.68 Å². The summed E-state index contributed by atoms with van der Waals surface area (Å²) in [6.07, 6.45) is 1.99. The number of hydrogen-bond acceptors (Lipinski definition) is 6. The maximum atomic E-state index is 14.6. The summed E-state index contributed by atoms with van der Waals surface area (Å²) >= 11 is 0. The van der Waals surface area contributed by atoms with E-state index in [-0.39, 0.29) is 11.9 Å². The summed E-state index contributed by atoms with van der Waals surface area (Å²) in [7, 11) is 3.15. The molecule has 1 saturated heterocycles. The fraction of sp³-hybridized carbons (Fsp3) is 0.300. The maximum Gasteiger partial charge on any atom is 0.167 e. The number of rotatable bonds is 3. The van der Waals surface area contributed by atoms with Gasteiger partial charge in [-0.15, -0.1) is 0 Å². The van der Waals surface area contributed by atoms with Crippen LogP contribution in [-0.2, 0) is 0 Å². The van der Waals surface area contributed by atoms with E-state index >= 15 is 0 Å². The Morgan fingerprint density at radius 1 is 1.21 bits per heavy atom. The minimum absolute atomic E-state index is 0.0475. The smallest absolute Gasteiger partial charge is 0.167 e. The topological polar surface area (TPSA) is 87.2 Å². The zero-order valence-corrected chi connectivity index (χ0v) is 15.6. The fourth-order valence-electron chi connectivity index (χ4n) is 3.37. The van der Waals surface area contributed by atoms with Gasteiger partial charge < -0.3 is 20.5 Å². The summed E-state index contributed by atoms with van der Waals surface area (Å²) in [6.45, 7) is 1.58. The van der Waals surface area contributed by atoms with Crippen LogP contribution in [0.25, 0.3) is 10.9 Å². The van der Waals surface area contributed by atoms with Gasteiger partial charge in [0, 0.05) is 18.2 Å². The van der Waals surface area contributed by atoms with E-state index in [0.29, 0.717) is 33.7 Å². The van der Waals surface area contributed by atoms with E-state index in [1.807, 2.05) is 0 Å². The molecule has 1 aliphatic rings. The number of nitrogens with zero attached hydrogens (tertiary/aromatic N) is 3. The SMILES string of the molecule is COc1cc(C#Cc2nn(C3CCNC3)c3c(F)cnc(N)c23)cc(OC)c1. The number of aromatic nitrogens is 3. The van der Waals surface area contributed by atoms with Gasteiger partial charge in [0.1, 0.15) is 28.5 Å². The van der Waals surface area contributed by atoms with E-state index in [9.17, 15) is 4.39 Å². The van der Waals surface area contributed by atoms with E-state index in [2.05, 4.69) is 27.2 Å². The second-order valence-electron chi connectivity index (χ2n) is 6.51. The lowest BCUT2D eigenvalue weighted by Crippen LogP contribution is -2.15. The van der Waals surface area contributed by atoms with Crippen LogP contribution in [0.3, 0.4) is 0 Å². The van der Waals surface area contributed by atoms with Crippen LogP contribution in [0, 0.1) is 17.7 Å². The van der Waals surface area contributed by atoms with Crippen LogP contribution in [0.4, 0.5) is 10.2 Å². The molecule has 7 nitrogen and oxygen atoms in total. The Labute approximate surface area is 161 Å². The van der Waals surface area contributed by atoms with Crippen molar-refractivity contribution >= 4 is 16.7 Å². The summed E-state index contributed by atoms with van der Waals surface area (Å²) in [4.78, 5) is 3.94. The minimum Gasteiger partial charge on any atom is -0.497 e. The fourth-order valence-corrected chi connectivity index (χ4v) is 3.37. The van der Waals surface area contributed by atoms with Crippen LogP contribution < -0.4 is 20.5 Å². The molecule has 28 heavy (non-hydrogen) atoms. The Kier molecular flexibility index (Phi) is 4.75. The lowest BCUT2D eigenvalue weighted by atomic mass is 10.1. The molecule has 4 rings (SSSR count). The standard InChI is InChI=1S/C20H20FN5O2/c1-27-14-7-12(8-15(9-14)28-2)3-4-17-18-19(16(21)11-24-20(18)22)26(25-17)13-5-6-23-10-13/h7-9,11,13,23H,5-6,10H2,1-2H3,(H2,22,24). The van der Waals surface area contributed by atoms with E-state index in [4.69, 9.17) is 15.2 Å². The third kappa shape index (κ3) is 3.21. The van der Waals surface area contributed by atoms with Crippen molar-refractivity contribution in [3.63, 3.8) is 0 Å². The number of anilines is 1. The zero-order chi connectivity index (χ0) is 19.7. The van der Waals surface area contributed by atoms with Crippen LogP contribution in [0.15, 0.2) is 24.4 Å². The van der Waals surface area contributed by atoms with Gasteiger partial charge in [-0.1, -0.05) is 5.92 Å². The van der Waals surface area contributed by atoms with E-state index in [1.165, 1.54) is 0 Å². The Hall–Kier alpha value is -3.31. The van der Waals surface area contributed by atoms with Crippen molar-refractivity contribution < 1.29 is 13.9 Å². The molecule has 2 aromatic heterocycles. The summed E-state index contributed by atoms with van der Waals surface area (Å²) in [5.74, 6) is 7.07. The first-order valence-corrected chi connectivity index (χ1v) is 8.88. The molecule has 3 aromatic rings. The largest absolute Gasteiger partial charge is 0.497 e. The number of ether oxygens (including phenoxy) is 2. The highest BCUT2D eigenvalue weighted by atomic mass is 19.1. The normalized spacial score (nSPS) is 16.0. The highest BCUT2D eigenvalue weighted by Crippen LogP contribution is 2.29. The molecule has 1 aliphatic heterocycles. The highest BCUT2D eigenvalue weighted by Gasteiger charge is 2.24. The maximum absolute atomic E-state index is 14.6. The summed E-state index contributed by atoms with van der Waals surface area (Å²) in [6, 6.07) is 5.39. The number of benzene rings is 1.